The zero-order valence-corrected chi connectivity index (χ0v) is 14.2. The molecule has 0 atom stereocenters. The molecule has 0 spiro atoms. The van der Waals surface area contributed by atoms with Crippen LogP contribution < -0.4 is 0 Å². The fraction of sp³-hybridized carbons (Fsp3) is 0.136. The Balaban J connectivity index is 1.71. The number of allylic oxidation sites excluding steroid dienone is 1. The lowest BCUT2D eigenvalue weighted by Gasteiger charge is -2.06. The van der Waals surface area contributed by atoms with E-state index in [1.807, 2.05) is 90.5 Å². The normalized spacial score (nSPS) is 11.1. The maximum absolute atomic E-state index is 12.7. The fourth-order valence-electron chi connectivity index (χ4n) is 2.67. The van der Waals surface area contributed by atoms with E-state index in [2.05, 4.69) is 0 Å². The molecule has 3 heteroatoms. The lowest BCUT2D eigenvalue weighted by atomic mass is 10.1. The first-order chi connectivity index (χ1) is 12.2. The average Bonchev–Trinajstić information content (AvgIpc) is 3.11. The minimum absolute atomic E-state index is 0.0331. The molecule has 126 valence electrons. The summed E-state index contributed by atoms with van der Waals surface area (Å²) in [4.78, 5) is 12.7. The van der Waals surface area contributed by atoms with Crippen LogP contribution in [-0.2, 0) is 13.2 Å². The van der Waals surface area contributed by atoms with Gasteiger partial charge in [0.15, 0.2) is 0 Å². The molecular formula is C22H21NO2. The Morgan fingerprint density at radius 2 is 1.76 bits per heavy atom. The molecule has 0 fully saturated rings. The number of carbonyl (C=O) groups excluding carboxylic acids is 1. The molecule has 0 radical (unpaired) electrons. The highest BCUT2D eigenvalue weighted by molar-refractivity contribution is 6.08. The minimum atomic E-state index is 0.0331. The first-order valence-corrected chi connectivity index (χ1v) is 8.30. The number of aliphatic hydroxyl groups is 1. The summed E-state index contributed by atoms with van der Waals surface area (Å²) in [6.45, 7) is 2.69. The first kappa shape index (κ1) is 16.9. The van der Waals surface area contributed by atoms with Gasteiger partial charge in [-0.1, -0.05) is 66.2 Å². The highest BCUT2D eigenvalue weighted by Gasteiger charge is 2.12. The second-order valence-electron chi connectivity index (χ2n) is 6.04. The summed E-state index contributed by atoms with van der Waals surface area (Å²) < 4.78 is 1.95. The van der Waals surface area contributed by atoms with Crippen LogP contribution in [0, 0.1) is 6.92 Å². The molecular weight excluding hydrogens is 310 g/mol. The van der Waals surface area contributed by atoms with E-state index >= 15 is 0 Å². The number of hydrogen-bond donors (Lipinski definition) is 1. The molecule has 0 unspecified atom stereocenters. The van der Waals surface area contributed by atoms with E-state index < -0.39 is 0 Å². The number of rotatable bonds is 6. The minimum Gasteiger partial charge on any atom is -0.392 e. The van der Waals surface area contributed by atoms with Crippen LogP contribution in [0.15, 0.2) is 72.9 Å². The van der Waals surface area contributed by atoms with Gasteiger partial charge < -0.3 is 9.67 Å². The van der Waals surface area contributed by atoms with Gasteiger partial charge in [-0.15, -0.1) is 0 Å². The zero-order chi connectivity index (χ0) is 17.6. The van der Waals surface area contributed by atoms with Crippen LogP contribution in [0.25, 0.3) is 6.08 Å². The first-order valence-electron chi connectivity index (χ1n) is 8.30. The van der Waals surface area contributed by atoms with Gasteiger partial charge in [0, 0.05) is 18.3 Å². The molecule has 3 aromatic rings. The molecule has 1 N–H and O–H groups in total. The monoisotopic (exact) mass is 331 g/mol. The molecule has 0 saturated carbocycles. The number of carbonyl (C=O) groups is 1. The standard InChI is InChI=1S/C22H21NO2/c1-17-6-12-20(13-7-17)22(25)21-5-3-15-23(21)14-2-4-18-8-10-19(16-24)11-9-18/h2-13,15,24H,14,16H2,1H3/b4-2+. The van der Waals surface area contributed by atoms with Crippen molar-refractivity contribution in [3.05, 3.63) is 101 Å². The van der Waals surface area contributed by atoms with E-state index in [9.17, 15) is 4.79 Å². The maximum Gasteiger partial charge on any atom is 0.209 e. The third-order valence-electron chi connectivity index (χ3n) is 4.15. The van der Waals surface area contributed by atoms with Crippen LogP contribution in [0.2, 0.25) is 0 Å². The van der Waals surface area contributed by atoms with E-state index in [1.54, 1.807) is 0 Å². The number of aliphatic hydroxyl groups excluding tert-OH is 1. The van der Waals surface area contributed by atoms with Crippen molar-refractivity contribution in [3.63, 3.8) is 0 Å². The largest absolute Gasteiger partial charge is 0.392 e. The van der Waals surface area contributed by atoms with Gasteiger partial charge in [-0.3, -0.25) is 4.79 Å². The van der Waals surface area contributed by atoms with Crippen molar-refractivity contribution in [2.75, 3.05) is 0 Å². The Bertz CT molecular complexity index is 871. The predicted molar refractivity (Wildman–Crippen MR) is 100 cm³/mol. The van der Waals surface area contributed by atoms with Gasteiger partial charge in [-0.25, -0.2) is 0 Å². The van der Waals surface area contributed by atoms with Crippen LogP contribution in [0.4, 0.5) is 0 Å². The predicted octanol–water partition coefficient (Wildman–Crippen LogP) is 4.23. The average molecular weight is 331 g/mol. The Morgan fingerprint density at radius 1 is 1.04 bits per heavy atom. The summed E-state index contributed by atoms with van der Waals surface area (Å²) in [6, 6.07) is 19.1. The highest BCUT2D eigenvalue weighted by Crippen LogP contribution is 2.13. The van der Waals surface area contributed by atoms with E-state index in [4.69, 9.17) is 5.11 Å². The van der Waals surface area contributed by atoms with Crippen molar-refractivity contribution in [2.45, 2.75) is 20.1 Å². The van der Waals surface area contributed by atoms with Gasteiger partial charge in [0.1, 0.15) is 0 Å². The number of ketones is 1. The number of benzene rings is 2. The Hall–Kier alpha value is -2.91. The van der Waals surface area contributed by atoms with Gasteiger partial charge >= 0.3 is 0 Å². The molecule has 0 aliphatic carbocycles. The van der Waals surface area contributed by atoms with Crippen molar-refractivity contribution in [2.24, 2.45) is 0 Å². The smallest absolute Gasteiger partial charge is 0.209 e. The molecule has 1 heterocycles. The number of hydrogen-bond acceptors (Lipinski definition) is 2. The van der Waals surface area contributed by atoms with Crippen LogP contribution >= 0.6 is 0 Å². The highest BCUT2D eigenvalue weighted by atomic mass is 16.3. The summed E-state index contributed by atoms with van der Waals surface area (Å²) in [6.07, 6.45) is 5.96. The van der Waals surface area contributed by atoms with Gasteiger partial charge in [-0.05, 0) is 30.2 Å². The second-order valence-corrected chi connectivity index (χ2v) is 6.04. The van der Waals surface area contributed by atoms with Crippen molar-refractivity contribution in [3.8, 4) is 0 Å². The van der Waals surface area contributed by atoms with Crippen molar-refractivity contribution < 1.29 is 9.90 Å². The van der Waals surface area contributed by atoms with Gasteiger partial charge in [0.25, 0.3) is 0 Å². The van der Waals surface area contributed by atoms with Crippen LogP contribution in [0.5, 0.6) is 0 Å². The number of aryl methyl sites for hydroxylation is 1. The van der Waals surface area contributed by atoms with Gasteiger partial charge in [0.05, 0.1) is 12.3 Å². The molecule has 2 aromatic carbocycles. The van der Waals surface area contributed by atoms with Crippen molar-refractivity contribution >= 4 is 11.9 Å². The molecule has 3 nitrogen and oxygen atoms in total. The molecule has 0 amide bonds. The zero-order valence-electron chi connectivity index (χ0n) is 14.2. The third kappa shape index (κ3) is 4.14. The van der Waals surface area contributed by atoms with Gasteiger partial charge in [0.2, 0.25) is 5.78 Å². The number of nitrogens with zero attached hydrogens (tertiary/aromatic N) is 1. The van der Waals surface area contributed by atoms with E-state index in [1.165, 1.54) is 0 Å². The summed E-state index contributed by atoms with van der Waals surface area (Å²) in [5.74, 6) is 0.0331. The van der Waals surface area contributed by atoms with Crippen LogP contribution in [0.1, 0.15) is 32.7 Å². The molecule has 0 bridgehead atoms. The summed E-state index contributed by atoms with van der Waals surface area (Å²) in [5, 5.41) is 9.07. The van der Waals surface area contributed by atoms with Crippen LogP contribution in [0.3, 0.4) is 0 Å². The molecule has 25 heavy (non-hydrogen) atoms. The van der Waals surface area contributed by atoms with E-state index in [0.717, 1.165) is 16.7 Å². The summed E-state index contributed by atoms with van der Waals surface area (Å²) >= 11 is 0. The Labute approximate surface area is 147 Å². The lowest BCUT2D eigenvalue weighted by Crippen LogP contribution is -2.09. The molecule has 0 saturated heterocycles. The Morgan fingerprint density at radius 3 is 2.44 bits per heavy atom. The summed E-state index contributed by atoms with van der Waals surface area (Å²) in [5.41, 5.74) is 4.49. The molecule has 1 aromatic heterocycles. The summed E-state index contributed by atoms with van der Waals surface area (Å²) in [7, 11) is 0. The Kier molecular flexibility index (Phi) is 5.26. The molecule has 0 aliphatic rings. The SMILES string of the molecule is Cc1ccc(C(=O)c2cccn2C/C=C/c2ccc(CO)cc2)cc1. The molecule has 3 rings (SSSR count). The van der Waals surface area contributed by atoms with Gasteiger partial charge in [-0.2, -0.15) is 0 Å². The number of aromatic nitrogens is 1. The van der Waals surface area contributed by atoms with Crippen LogP contribution in [-0.4, -0.2) is 15.5 Å². The van der Waals surface area contributed by atoms with E-state index in [-0.39, 0.29) is 12.4 Å². The third-order valence-corrected chi connectivity index (χ3v) is 4.15. The van der Waals surface area contributed by atoms with Crippen molar-refractivity contribution in [1.29, 1.82) is 0 Å². The fourth-order valence-corrected chi connectivity index (χ4v) is 2.67. The molecule has 0 aliphatic heterocycles. The van der Waals surface area contributed by atoms with Crippen molar-refractivity contribution in [1.82, 2.24) is 4.57 Å². The van der Waals surface area contributed by atoms with E-state index in [0.29, 0.717) is 17.8 Å². The lowest BCUT2D eigenvalue weighted by molar-refractivity contribution is 0.103. The maximum atomic E-state index is 12.7. The quantitative estimate of drug-likeness (QED) is 0.687. The second kappa shape index (κ2) is 7.77. The topological polar surface area (TPSA) is 42.2 Å².